The minimum atomic E-state index is -0.411. The van der Waals surface area contributed by atoms with E-state index in [1.54, 1.807) is 7.11 Å². The van der Waals surface area contributed by atoms with E-state index in [2.05, 4.69) is 30.6 Å². The second-order valence-corrected chi connectivity index (χ2v) is 8.38. The van der Waals surface area contributed by atoms with Crippen molar-refractivity contribution in [2.45, 2.75) is 45.6 Å². The van der Waals surface area contributed by atoms with Crippen molar-refractivity contribution >= 4 is 0 Å². The lowest BCUT2D eigenvalue weighted by atomic mass is 9.69. The molecule has 4 heteroatoms. The van der Waals surface area contributed by atoms with Crippen molar-refractivity contribution in [2.75, 3.05) is 53.0 Å². The molecule has 1 N–H and O–H groups in total. The summed E-state index contributed by atoms with van der Waals surface area (Å²) in [6, 6.07) is 0. The Balaban J connectivity index is 1.61. The topological polar surface area (TPSA) is 35.9 Å². The number of ether oxygens (including phenoxy) is 1. The van der Waals surface area contributed by atoms with Crippen molar-refractivity contribution < 1.29 is 9.84 Å². The molecule has 124 valence electrons. The largest absolute Gasteiger partial charge is 0.390 e. The summed E-state index contributed by atoms with van der Waals surface area (Å²) < 4.78 is 5.16. The van der Waals surface area contributed by atoms with Crippen LogP contribution < -0.4 is 0 Å². The van der Waals surface area contributed by atoms with Gasteiger partial charge in [0.25, 0.3) is 0 Å². The van der Waals surface area contributed by atoms with Gasteiger partial charge in [-0.1, -0.05) is 20.8 Å². The van der Waals surface area contributed by atoms with Crippen LogP contribution in [0.15, 0.2) is 0 Å². The van der Waals surface area contributed by atoms with Crippen LogP contribution in [0, 0.1) is 11.3 Å². The summed E-state index contributed by atoms with van der Waals surface area (Å²) in [7, 11) is 1.74. The van der Waals surface area contributed by atoms with E-state index in [-0.39, 0.29) is 0 Å². The molecule has 0 atom stereocenters. The van der Waals surface area contributed by atoms with E-state index >= 15 is 0 Å². The molecule has 0 radical (unpaired) electrons. The third-order valence-electron chi connectivity index (χ3n) is 4.80. The monoisotopic (exact) mass is 298 g/mol. The zero-order valence-corrected chi connectivity index (χ0v) is 14.4. The normalized spacial score (nSPS) is 32.1. The molecule has 0 aromatic carbocycles. The maximum atomic E-state index is 10.4. The van der Waals surface area contributed by atoms with E-state index in [1.165, 1.54) is 19.6 Å². The molecule has 2 fully saturated rings. The number of aliphatic hydroxyl groups is 1. The molecule has 0 aromatic rings. The number of hydrogen-bond acceptors (Lipinski definition) is 4. The van der Waals surface area contributed by atoms with Gasteiger partial charge >= 0.3 is 0 Å². The number of rotatable bonds is 6. The fourth-order valence-corrected chi connectivity index (χ4v) is 3.78. The summed E-state index contributed by atoms with van der Waals surface area (Å²) in [5.41, 5.74) is -0.0225. The second-order valence-electron chi connectivity index (χ2n) is 8.38. The van der Waals surface area contributed by atoms with Crippen LogP contribution in [0.2, 0.25) is 0 Å². The van der Waals surface area contributed by atoms with Crippen LogP contribution in [0.1, 0.15) is 40.0 Å². The summed E-state index contributed by atoms with van der Waals surface area (Å²) in [6.45, 7) is 14.6. The van der Waals surface area contributed by atoms with Crippen molar-refractivity contribution in [3.8, 4) is 0 Å². The Morgan fingerprint density at radius 2 is 1.67 bits per heavy atom. The van der Waals surface area contributed by atoms with Crippen molar-refractivity contribution in [1.29, 1.82) is 0 Å². The number of hydrogen-bond donors (Lipinski definition) is 1. The number of nitrogens with zero attached hydrogens (tertiary/aromatic N) is 2. The highest BCUT2D eigenvalue weighted by Gasteiger charge is 2.42. The third kappa shape index (κ3) is 5.51. The van der Waals surface area contributed by atoms with Crippen LogP contribution in [-0.2, 0) is 4.74 Å². The van der Waals surface area contributed by atoms with E-state index in [0.717, 1.165) is 45.5 Å². The van der Waals surface area contributed by atoms with E-state index in [0.29, 0.717) is 11.3 Å². The molecular formula is C17H34N2O2. The Bertz CT molecular complexity index is 313. The van der Waals surface area contributed by atoms with Crippen LogP contribution in [0.4, 0.5) is 0 Å². The van der Waals surface area contributed by atoms with Crippen molar-refractivity contribution in [3.63, 3.8) is 0 Å². The molecule has 1 aliphatic heterocycles. The SMILES string of the molecule is COCC1CC(O)(CCN2CCN(CC(C)(C)C)CC2)C1. The first kappa shape index (κ1) is 17.2. The molecule has 0 bridgehead atoms. The summed E-state index contributed by atoms with van der Waals surface area (Å²) >= 11 is 0. The van der Waals surface area contributed by atoms with Gasteiger partial charge in [-0.05, 0) is 30.6 Å². The Labute approximate surface area is 130 Å². The molecule has 0 amide bonds. The van der Waals surface area contributed by atoms with E-state index in [4.69, 9.17) is 4.74 Å². The quantitative estimate of drug-likeness (QED) is 0.811. The molecule has 1 saturated heterocycles. The first-order valence-corrected chi connectivity index (χ1v) is 8.46. The first-order chi connectivity index (χ1) is 9.80. The maximum absolute atomic E-state index is 10.4. The predicted octanol–water partition coefficient (Wildman–Crippen LogP) is 1.83. The Morgan fingerprint density at radius 3 is 2.19 bits per heavy atom. The molecule has 0 unspecified atom stereocenters. The summed E-state index contributed by atoms with van der Waals surface area (Å²) in [5.74, 6) is 0.573. The highest BCUT2D eigenvalue weighted by Crippen LogP contribution is 2.40. The van der Waals surface area contributed by atoms with Gasteiger partial charge in [0.1, 0.15) is 0 Å². The van der Waals surface area contributed by atoms with Crippen LogP contribution in [0.25, 0.3) is 0 Å². The lowest BCUT2D eigenvalue weighted by molar-refractivity contribution is -0.101. The molecule has 0 spiro atoms. The smallest absolute Gasteiger partial charge is 0.0667 e. The Morgan fingerprint density at radius 1 is 1.10 bits per heavy atom. The molecule has 1 saturated carbocycles. The van der Waals surface area contributed by atoms with Gasteiger partial charge in [-0.15, -0.1) is 0 Å². The molecule has 4 nitrogen and oxygen atoms in total. The predicted molar refractivity (Wildman–Crippen MR) is 86.5 cm³/mol. The van der Waals surface area contributed by atoms with E-state index in [9.17, 15) is 5.11 Å². The van der Waals surface area contributed by atoms with Crippen LogP contribution in [0.5, 0.6) is 0 Å². The fraction of sp³-hybridized carbons (Fsp3) is 1.00. The van der Waals surface area contributed by atoms with Crippen LogP contribution in [-0.4, -0.2) is 73.5 Å². The van der Waals surface area contributed by atoms with Gasteiger partial charge in [0, 0.05) is 53.0 Å². The minimum Gasteiger partial charge on any atom is -0.390 e. The van der Waals surface area contributed by atoms with Crippen molar-refractivity contribution in [2.24, 2.45) is 11.3 Å². The summed E-state index contributed by atoms with van der Waals surface area (Å²) in [6.07, 6.45) is 2.77. The average Bonchev–Trinajstić information content (AvgIpc) is 2.35. The van der Waals surface area contributed by atoms with Gasteiger partial charge in [-0.25, -0.2) is 0 Å². The van der Waals surface area contributed by atoms with Gasteiger partial charge in [0.05, 0.1) is 5.60 Å². The van der Waals surface area contributed by atoms with Gasteiger partial charge < -0.3 is 19.6 Å². The minimum absolute atomic E-state index is 0.389. The van der Waals surface area contributed by atoms with Gasteiger partial charge in [-0.2, -0.15) is 0 Å². The lowest BCUT2D eigenvalue weighted by Crippen LogP contribution is -2.51. The average molecular weight is 298 g/mol. The van der Waals surface area contributed by atoms with Gasteiger partial charge in [-0.3, -0.25) is 0 Å². The Kier molecular flexibility index (Phi) is 5.69. The van der Waals surface area contributed by atoms with Crippen molar-refractivity contribution in [3.05, 3.63) is 0 Å². The van der Waals surface area contributed by atoms with Gasteiger partial charge in [0.15, 0.2) is 0 Å². The molecule has 1 aliphatic carbocycles. The molecule has 21 heavy (non-hydrogen) atoms. The summed E-state index contributed by atoms with van der Waals surface area (Å²) in [5, 5.41) is 10.4. The van der Waals surface area contributed by atoms with Crippen molar-refractivity contribution in [1.82, 2.24) is 9.80 Å². The molecular weight excluding hydrogens is 264 g/mol. The molecule has 2 aliphatic rings. The highest BCUT2D eigenvalue weighted by atomic mass is 16.5. The molecule has 2 rings (SSSR count). The molecule has 0 aromatic heterocycles. The van der Waals surface area contributed by atoms with E-state index < -0.39 is 5.60 Å². The zero-order chi connectivity index (χ0) is 15.5. The van der Waals surface area contributed by atoms with Crippen LogP contribution >= 0.6 is 0 Å². The lowest BCUT2D eigenvalue weighted by Gasteiger charge is -2.45. The number of methoxy groups -OCH3 is 1. The Hall–Kier alpha value is -0.160. The summed E-state index contributed by atoms with van der Waals surface area (Å²) in [4.78, 5) is 5.09. The highest BCUT2D eigenvalue weighted by molar-refractivity contribution is 4.94. The molecule has 1 heterocycles. The van der Waals surface area contributed by atoms with Crippen LogP contribution in [0.3, 0.4) is 0 Å². The maximum Gasteiger partial charge on any atom is 0.0667 e. The standard InChI is InChI=1S/C17H34N2O2/c1-16(2,3)14-19-9-7-18(8-10-19)6-5-17(20)11-15(12-17)13-21-4/h15,20H,5-14H2,1-4H3. The van der Waals surface area contributed by atoms with Gasteiger partial charge in [0.2, 0.25) is 0 Å². The second kappa shape index (κ2) is 6.95. The van der Waals surface area contributed by atoms with E-state index in [1.807, 2.05) is 0 Å². The number of piperazine rings is 1. The zero-order valence-electron chi connectivity index (χ0n) is 14.4. The fourth-order valence-electron chi connectivity index (χ4n) is 3.78. The first-order valence-electron chi connectivity index (χ1n) is 8.46. The third-order valence-corrected chi connectivity index (χ3v) is 4.80.